The number of aromatic nitrogens is 1. The number of rotatable bonds is 6. The summed E-state index contributed by atoms with van der Waals surface area (Å²) >= 11 is 0. The lowest BCUT2D eigenvalue weighted by Crippen LogP contribution is -2.05. The first-order valence-electron chi connectivity index (χ1n) is 7.87. The Morgan fingerprint density at radius 1 is 1.22 bits per heavy atom. The minimum absolute atomic E-state index is 0.0776. The lowest BCUT2D eigenvalue weighted by Gasteiger charge is -2.11. The van der Waals surface area contributed by atoms with Crippen molar-refractivity contribution in [2.24, 2.45) is 0 Å². The number of nitrogens with zero attached hydrogens (tertiary/aromatic N) is 2. The number of pyridine rings is 1. The Bertz CT molecular complexity index is 905. The minimum atomic E-state index is -4.48. The van der Waals surface area contributed by atoms with E-state index >= 15 is 0 Å². The number of hydrogen-bond acceptors (Lipinski definition) is 4. The lowest BCUT2D eigenvalue weighted by atomic mass is 10.1. The molecule has 0 radical (unpaired) electrons. The quantitative estimate of drug-likeness (QED) is 0.550. The van der Waals surface area contributed by atoms with E-state index in [1.165, 1.54) is 6.08 Å². The van der Waals surface area contributed by atoms with Crippen molar-refractivity contribution >= 4 is 11.6 Å². The second kappa shape index (κ2) is 8.77. The third-order valence-electron chi connectivity index (χ3n) is 3.38. The van der Waals surface area contributed by atoms with Crippen LogP contribution in [-0.2, 0) is 6.18 Å². The summed E-state index contributed by atoms with van der Waals surface area (Å²) in [6.45, 7) is 2.28. The fraction of sp³-hybridized carbons (Fsp3) is 0.200. The monoisotopic (exact) mass is 372 g/mol. The van der Waals surface area contributed by atoms with Gasteiger partial charge >= 0.3 is 6.18 Å². The molecule has 0 unspecified atom stereocenters. The number of benzene rings is 1. The molecule has 0 aliphatic rings. The van der Waals surface area contributed by atoms with E-state index in [1.54, 1.807) is 25.1 Å². The van der Waals surface area contributed by atoms with Crippen LogP contribution in [-0.4, -0.2) is 18.2 Å². The third-order valence-corrected chi connectivity index (χ3v) is 3.38. The number of nitriles is 1. The van der Waals surface area contributed by atoms with Gasteiger partial charge in [-0.3, -0.25) is 4.98 Å². The van der Waals surface area contributed by atoms with E-state index < -0.39 is 11.7 Å². The van der Waals surface area contributed by atoms with Crippen LogP contribution >= 0.6 is 0 Å². The van der Waals surface area contributed by atoms with Gasteiger partial charge in [0.15, 0.2) is 11.5 Å². The molecular formula is C20H15F3N2O2. The Balaban J connectivity index is 2.35. The molecule has 0 aliphatic heterocycles. The van der Waals surface area contributed by atoms with Gasteiger partial charge in [0.2, 0.25) is 0 Å². The maximum absolute atomic E-state index is 12.6. The Labute approximate surface area is 154 Å². The van der Waals surface area contributed by atoms with Crippen LogP contribution in [0.4, 0.5) is 13.2 Å². The fourth-order valence-corrected chi connectivity index (χ4v) is 2.17. The Kier molecular flexibility index (Phi) is 6.46. The zero-order chi connectivity index (χ0) is 19.9. The van der Waals surface area contributed by atoms with Gasteiger partial charge in [0.1, 0.15) is 12.7 Å². The molecule has 0 fully saturated rings. The highest BCUT2D eigenvalue weighted by atomic mass is 19.4. The predicted molar refractivity (Wildman–Crippen MR) is 94.7 cm³/mol. The van der Waals surface area contributed by atoms with Crippen LogP contribution < -0.4 is 9.47 Å². The van der Waals surface area contributed by atoms with E-state index in [9.17, 15) is 18.4 Å². The van der Waals surface area contributed by atoms with Crippen LogP contribution in [0.5, 0.6) is 11.5 Å². The highest BCUT2D eigenvalue weighted by Crippen LogP contribution is 2.31. The van der Waals surface area contributed by atoms with Crippen molar-refractivity contribution in [3.63, 3.8) is 0 Å². The topological polar surface area (TPSA) is 55.1 Å². The number of terminal acetylenes is 1. The average Bonchev–Trinajstić information content (AvgIpc) is 2.65. The van der Waals surface area contributed by atoms with Crippen LogP contribution in [0.3, 0.4) is 0 Å². The molecule has 138 valence electrons. The Hall–Kier alpha value is -3.45. The summed E-state index contributed by atoms with van der Waals surface area (Å²) in [5.41, 5.74) is -0.0264. The first-order valence-corrected chi connectivity index (χ1v) is 7.87. The molecule has 0 saturated carbocycles. The van der Waals surface area contributed by atoms with Gasteiger partial charge in [-0.1, -0.05) is 12.0 Å². The molecule has 2 aromatic rings. The highest BCUT2D eigenvalue weighted by Gasteiger charge is 2.30. The number of ether oxygens (including phenoxy) is 2. The van der Waals surface area contributed by atoms with Gasteiger partial charge in [-0.2, -0.15) is 18.4 Å². The molecule has 2 rings (SSSR count). The summed E-state index contributed by atoms with van der Waals surface area (Å²) in [4.78, 5) is 3.74. The molecule has 0 aliphatic carbocycles. The molecule has 0 spiro atoms. The van der Waals surface area contributed by atoms with Crippen LogP contribution in [0.15, 0.2) is 36.5 Å². The molecule has 7 heteroatoms. The third kappa shape index (κ3) is 5.26. The van der Waals surface area contributed by atoms with E-state index in [-0.39, 0.29) is 17.9 Å². The van der Waals surface area contributed by atoms with Gasteiger partial charge in [0.05, 0.1) is 23.4 Å². The average molecular weight is 372 g/mol. The van der Waals surface area contributed by atoms with Gasteiger partial charge in [-0.05, 0) is 42.8 Å². The van der Waals surface area contributed by atoms with Gasteiger partial charge in [-0.25, -0.2) is 0 Å². The molecule has 0 amide bonds. The zero-order valence-corrected chi connectivity index (χ0v) is 14.4. The number of halogens is 3. The number of allylic oxidation sites excluding steroid dienone is 1. The molecular weight excluding hydrogens is 357 g/mol. The molecule has 1 aromatic carbocycles. The molecule has 0 saturated heterocycles. The summed E-state index contributed by atoms with van der Waals surface area (Å²) in [5, 5.41) is 9.35. The largest absolute Gasteiger partial charge is 0.490 e. The summed E-state index contributed by atoms with van der Waals surface area (Å²) < 4.78 is 48.8. The SMILES string of the molecule is C#CCOc1ccc(/C=C(\C#N)c2ccc(C(F)(F)F)cn2)cc1OCC. The van der Waals surface area contributed by atoms with Gasteiger partial charge in [0, 0.05) is 6.20 Å². The van der Waals surface area contributed by atoms with E-state index in [2.05, 4.69) is 10.9 Å². The maximum atomic E-state index is 12.6. The normalized spacial score (nSPS) is 11.4. The maximum Gasteiger partial charge on any atom is 0.417 e. The molecule has 1 aromatic heterocycles. The van der Waals surface area contributed by atoms with Gasteiger partial charge in [-0.15, -0.1) is 6.42 Å². The predicted octanol–water partition coefficient (Wildman–Crippen LogP) is 4.58. The molecule has 0 N–H and O–H groups in total. The van der Waals surface area contributed by atoms with Crippen molar-refractivity contribution < 1.29 is 22.6 Å². The summed E-state index contributed by atoms with van der Waals surface area (Å²) in [5.74, 6) is 3.26. The van der Waals surface area contributed by atoms with Crippen LogP contribution in [0, 0.1) is 23.7 Å². The van der Waals surface area contributed by atoms with Gasteiger partial charge < -0.3 is 9.47 Å². The lowest BCUT2D eigenvalue weighted by molar-refractivity contribution is -0.137. The van der Waals surface area contributed by atoms with Gasteiger partial charge in [0.25, 0.3) is 0 Å². The second-order valence-electron chi connectivity index (χ2n) is 5.23. The van der Waals surface area contributed by atoms with Crippen LogP contribution in [0.25, 0.3) is 11.6 Å². The number of alkyl halides is 3. The zero-order valence-electron chi connectivity index (χ0n) is 14.4. The number of hydrogen-bond donors (Lipinski definition) is 0. The van der Waals surface area contributed by atoms with Crippen molar-refractivity contribution in [3.05, 3.63) is 53.3 Å². The van der Waals surface area contributed by atoms with Crippen LogP contribution in [0.1, 0.15) is 23.7 Å². The summed E-state index contributed by atoms with van der Waals surface area (Å²) in [6, 6.07) is 8.96. The molecule has 4 nitrogen and oxygen atoms in total. The van der Waals surface area contributed by atoms with Crippen LogP contribution in [0.2, 0.25) is 0 Å². The standard InChI is InChI=1S/C20H15F3N2O2/c1-3-9-27-18-8-5-14(11-19(18)26-4-2)10-15(12-24)17-7-6-16(13-25-17)20(21,22)23/h1,5-8,10-11,13H,4,9H2,2H3/b15-10+. The summed E-state index contributed by atoms with van der Waals surface area (Å²) in [7, 11) is 0. The highest BCUT2D eigenvalue weighted by molar-refractivity contribution is 5.88. The van der Waals surface area contributed by atoms with Crippen molar-refractivity contribution in [3.8, 4) is 29.9 Å². The fourth-order valence-electron chi connectivity index (χ4n) is 2.17. The van der Waals surface area contributed by atoms with E-state index in [0.717, 1.165) is 12.1 Å². The van der Waals surface area contributed by atoms with Crippen molar-refractivity contribution in [1.82, 2.24) is 4.98 Å². The Morgan fingerprint density at radius 2 is 2.00 bits per heavy atom. The molecule has 0 bridgehead atoms. The van der Waals surface area contributed by atoms with E-state index in [4.69, 9.17) is 15.9 Å². The first-order chi connectivity index (χ1) is 12.9. The van der Waals surface area contributed by atoms with Crippen molar-refractivity contribution in [2.45, 2.75) is 13.1 Å². The molecule has 27 heavy (non-hydrogen) atoms. The second-order valence-corrected chi connectivity index (χ2v) is 5.23. The minimum Gasteiger partial charge on any atom is -0.490 e. The molecule has 0 atom stereocenters. The van der Waals surface area contributed by atoms with E-state index in [0.29, 0.717) is 29.9 Å². The first kappa shape index (κ1) is 19.9. The molecule has 1 heterocycles. The summed E-state index contributed by atoms with van der Waals surface area (Å²) in [6.07, 6.45) is 2.89. The van der Waals surface area contributed by atoms with Crippen molar-refractivity contribution in [1.29, 1.82) is 5.26 Å². The smallest absolute Gasteiger partial charge is 0.417 e. The van der Waals surface area contributed by atoms with E-state index in [1.807, 2.05) is 6.07 Å². The Morgan fingerprint density at radius 3 is 2.56 bits per heavy atom. The van der Waals surface area contributed by atoms with Crippen molar-refractivity contribution in [2.75, 3.05) is 13.2 Å².